The van der Waals surface area contributed by atoms with Gasteiger partial charge in [0.25, 0.3) is 0 Å². The van der Waals surface area contributed by atoms with Crippen molar-refractivity contribution >= 4 is 21.5 Å². The molecule has 1 N–H and O–H groups in total. The third-order valence-corrected chi connectivity index (χ3v) is 8.14. The minimum absolute atomic E-state index is 0.0362. The molecule has 2 aliphatic rings. The predicted molar refractivity (Wildman–Crippen MR) is 116 cm³/mol. The number of aryl methyl sites for hydroxylation is 1. The lowest BCUT2D eigenvalue weighted by Gasteiger charge is -2.23. The molecule has 2 fully saturated rings. The quantitative estimate of drug-likeness (QED) is 0.652. The van der Waals surface area contributed by atoms with Crippen molar-refractivity contribution in [1.82, 2.24) is 14.8 Å². The third kappa shape index (κ3) is 4.62. The number of furan rings is 1. The van der Waals surface area contributed by atoms with Crippen molar-refractivity contribution in [3.63, 3.8) is 0 Å². The molecular formula is C22H29N3O5S. The molecule has 0 saturated carbocycles. The highest BCUT2D eigenvalue weighted by molar-refractivity contribution is 7.91. The second-order valence-electron chi connectivity index (χ2n) is 8.56. The van der Waals surface area contributed by atoms with Crippen LogP contribution in [0.2, 0.25) is 0 Å². The van der Waals surface area contributed by atoms with Gasteiger partial charge in [-0.05, 0) is 57.9 Å². The Morgan fingerprint density at radius 1 is 1.26 bits per heavy atom. The number of carbonyl (C=O) groups is 2. The molecule has 4 heterocycles. The highest BCUT2D eigenvalue weighted by Crippen LogP contribution is 2.29. The van der Waals surface area contributed by atoms with Crippen molar-refractivity contribution in [3.8, 4) is 0 Å². The molecule has 0 spiro atoms. The van der Waals surface area contributed by atoms with Crippen LogP contribution >= 0.6 is 0 Å². The number of amides is 1. The summed E-state index contributed by atoms with van der Waals surface area (Å²) in [4.78, 5) is 27.7. The van der Waals surface area contributed by atoms with Gasteiger partial charge in [-0.25, -0.2) is 8.42 Å². The number of ketones is 1. The lowest BCUT2D eigenvalue weighted by atomic mass is 10.1. The van der Waals surface area contributed by atoms with Gasteiger partial charge in [0.15, 0.2) is 15.6 Å². The first kappa shape index (κ1) is 21.8. The summed E-state index contributed by atoms with van der Waals surface area (Å²) in [6.45, 7) is 4.99. The Labute approximate surface area is 182 Å². The summed E-state index contributed by atoms with van der Waals surface area (Å²) in [7, 11) is -3.01. The molecule has 0 aromatic carbocycles. The third-order valence-electron chi connectivity index (χ3n) is 6.39. The molecule has 2 aromatic rings. The van der Waals surface area contributed by atoms with Crippen molar-refractivity contribution < 1.29 is 22.4 Å². The van der Waals surface area contributed by atoms with E-state index in [-0.39, 0.29) is 41.8 Å². The number of nitrogens with zero attached hydrogens (tertiary/aromatic N) is 2. The second kappa shape index (κ2) is 8.63. The molecule has 4 rings (SSSR count). The molecule has 1 amide bonds. The molecule has 0 aliphatic carbocycles. The average molecular weight is 448 g/mol. The van der Waals surface area contributed by atoms with Crippen LogP contribution in [0.15, 0.2) is 28.9 Å². The zero-order valence-electron chi connectivity index (χ0n) is 18.0. The Morgan fingerprint density at radius 2 is 2.06 bits per heavy atom. The molecule has 2 unspecified atom stereocenters. The van der Waals surface area contributed by atoms with Gasteiger partial charge in [0.1, 0.15) is 5.76 Å². The van der Waals surface area contributed by atoms with Crippen molar-refractivity contribution in [2.75, 3.05) is 24.6 Å². The fraction of sp³-hybridized carbons (Fsp3) is 0.545. The van der Waals surface area contributed by atoms with Gasteiger partial charge in [0, 0.05) is 23.0 Å². The molecular weight excluding hydrogens is 418 g/mol. The Kier molecular flexibility index (Phi) is 6.07. The largest absolute Gasteiger partial charge is 0.467 e. The Balaban J connectivity index is 1.43. The minimum Gasteiger partial charge on any atom is -0.467 e. The van der Waals surface area contributed by atoms with Crippen LogP contribution in [0.3, 0.4) is 0 Å². The van der Waals surface area contributed by atoms with Crippen LogP contribution in [-0.2, 0) is 21.2 Å². The lowest BCUT2D eigenvalue weighted by molar-refractivity contribution is -0.125. The highest BCUT2D eigenvalue weighted by Gasteiger charge is 2.34. The smallest absolute Gasteiger partial charge is 0.237 e. The van der Waals surface area contributed by atoms with Crippen LogP contribution in [0.25, 0.3) is 0 Å². The van der Waals surface area contributed by atoms with E-state index in [1.165, 1.54) is 0 Å². The Bertz CT molecular complexity index is 1070. The summed E-state index contributed by atoms with van der Waals surface area (Å²) >= 11 is 0. The van der Waals surface area contributed by atoms with Gasteiger partial charge < -0.3 is 14.3 Å². The predicted octanol–water partition coefficient (Wildman–Crippen LogP) is 2.02. The van der Waals surface area contributed by atoms with Crippen LogP contribution < -0.4 is 5.32 Å². The molecule has 168 valence electrons. The van der Waals surface area contributed by atoms with Gasteiger partial charge >= 0.3 is 0 Å². The summed E-state index contributed by atoms with van der Waals surface area (Å²) < 4.78 is 31.1. The number of aromatic nitrogens is 1. The number of hydrogen-bond donors (Lipinski definition) is 1. The van der Waals surface area contributed by atoms with Crippen molar-refractivity contribution in [3.05, 3.63) is 47.2 Å². The number of hydrogen-bond acceptors (Lipinski definition) is 6. The first-order valence-electron chi connectivity index (χ1n) is 10.7. The topological polar surface area (TPSA) is 102 Å². The van der Waals surface area contributed by atoms with Gasteiger partial charge in [0.05, 0.1) is 36.9 Å². The van der Waals surface area contributed by atoms with Crippen molar-refractivity contribution in [1.29, 1.82) is 0 Å². The van der Waals surface area contributed by atoms with Gasteiger partial charge in [-0.15, -0.1) is 0 Å². The van der Waals surface area contributed by atoms with Crippen molar-refractivity contribution in [2.24, 2.45) is 0 Å². The van der Waals surface area contributed by atoms with E-state index in [4.69, 9.17) is 4.42 Å². The van der Waals surface area contributed by atoms with Gasteiger partial charge in [-0.3, -0.25) is 14.5 Å². The van der Waals surface area contributed by atoms with E-state index in [9.17, 15) is 18.0 Å². The zero-order valence-corrected chi connectivity index (χ0v) is 18.8. The maximum absolute atomic E-state index is 13.1. The summed E-state index contributed by atoms with van der Waals surface area (Å²) in [5.41, 5.74) is 2.32. The molecule has 0 bridgehead atoms. The Hall–Kier alpha value is -2.39. The molecule has 2 aliphatic heterocycles. The monoisotopic (exact) mass is 447 g/mol. The van der Waals surface area contributed by atoms with Gasteiger partial charge in [-0.1, -0.05) is 0 Å². The fourth-order valence-electron chi connectivity index (χ4n) is 4.89. The summed E-state index contributed by atoms with van der Waals surface area (Å²) in [5.74, 6) is 0.881. The van der Waals surface area contributed by atoms with E-state index >= 15 is 0 Å². The number of carbonyl (C=O) groups excluding carboxylic acids is 2. The summed E-state index contributed by atoms with van der Waals surface area (Å²) in [6, 6.07) is 4.99. The maximum Gasteiger partial charge on any atom is 0.237 e. The lowest BCUT2D eigenvalue weighted by Crippen LogP contribution is -2.44. The first-order chi connectivity index (χ1) is 14.7. The fourth-order valence-corrected chi connectivity index (χ4v) is 6.59. The molecule has 0 radical (unpaired) electrons. The maximum atomic E-state index is 13.1. The van der Waals surface area contributed by atoms with E-state index in [1.54, 1.807) is 12.3 Å². The number of nitrogens with one attached hydrogen (secondary N) is 1. The standard InChI is InChI=1S/C22H29N3O5S/c1-15-11-19(16(2)25(15)17-7-10-31(28,29)14-17)21(26)13-24-8-3-6-20(24)22(27)23-12-18-5-4-9-30-18/h4-5,9,11,17,20H,3,6-8,10,12-14H2,1-2H3,(H,23,27). The molecule has 9 heteroatoms. The van der Waals surface area contributed by atoms with Gasteiger partial charge in [-0.2, -0.15) is 0 Å². The molecule has 31 heavy (non-hydrogen) atoms. The number of Topliss-reactive ketones (excluding diaryl/α,β-unsaturated/α-hetero) is 1. The number of rotatable bonds is 7. The SMILES string of the molecule is Cc1cc(C(=O)CN2CCCC2C(=O)NCc2ccco2)c(C)n1C1CCS(=O)(=O)C1. The van der Waals surface area contributed by atoms with E-state index < -0.39 is 9.84 Å². The summed E-state index contributed by atoms with van der Waals surface area (Å²) in [6.07, 6.45) is 3.73. The van der Waals surface area contributed by atoms with Crippen LogP contribution in [-0.4, -0.2) is 60.2 Å². The van der Waals surface area contributed by atoms with E-state index in [0.29, 0.717) is 30.8 Å². The highest BCUT2D eigenvalue weighted by atomic mass is 32.2. The molecule has 2 saturated heterocycles. The van der Waals surface area contributed by atoms with Gasteiger partial charge in [0.2, 0.25) is 5.91 Å². The van der Waals surface area contributed by atoms with Crippen LogP contribution in [0.5, 0.6) is 0 Å². The van der Waals surface area contributed by atoms with E-state index in [2.05, 4.69) is 5.32 Å². The second-order valence-corrected chi connectivity index (χ2v) is 10.8. The average Bonchev–Trinajstić information content (AvgIpc) is 3.48. The van der Waals surface area contributed by atoms with E-state index in [0.717, 1.165) is 24.2 Å². The Morgan fingerprint density at radius 3 is 2.74 bits per heavy atom. The normalized spacial score (nSPS) is 23.3. The van der Waals surface area contributed by atoms with Crippen LogP contribution in [0.4, 0.5) is 0 Å². The van der Waals surface area contributed by atoms with E-state index in [1.807, 2.05) is 35.4 Å². The van der Waals surface area contributed by atoms with Crippen molar-refractivity contribution in [2.45, 2.75) is 51.7 Å². The molecule has 8 nitrogen and oxygen atoms in total. The number of likely N-dealkylation sites (tertiary alicyclic amines) is 1. The van der Waals surface area contributed by atoms with Crippen LogP contribution in [0.1, 0.15) is 52.8 Å². The first-order valence-corrected chi connectivity index (χ1v) is 12.5. The zero-order chi connectivity index (χ0) is 22.2. The van der Waals surface area contributed by atoms with Crippen LogP contribution in [0, 0.1) is 13.8 Å². The number of sulfone groups is 1. The summed E-state index contributed by atoms with van der Waals surface area (Å²) in [5, 5.41) is 2.89. The molecule has 2 atom stereocenters. The molecule has 2 aromatic heterocycles. The minimum atomic E-state index is -3.01.